The number of hydrogen-bond acceptors (Lipinski definition) is 2. The second kappa shape index (κ2) is 7.96. The number of rotatable bonds is 8. The summed E-state index contributed by atoms with van der Waals surface area (Å²) in [5, 5.41) is 0. The van der Waals surface area contributed by atoms with E-state index in [1.54, 1.807) is 0 Å². The first kappa shape index (κ1) is 18.7. The fourth-order valence-corrected chi connectivity index (χ4v) is 2.87. The maximum absolute atomic E-state index is 6.26. The molecule has 0 spiro atoms. The molecule has 0 aliphatic carbocycles. The van der Waals surface area contributed by atoms with Crippen molar-refractivity contribution < 1.29 is 9.47 Å². The van der Waals surface area contributed by atoms with Crippen molar-refractivity contribution in [3.05, 3.63) is 71.8 Å². The summed E-state index contributed by atoms with van der Waals surface area (Å²) in [6.07, 6.45) is 0.999. The highest BCUT2D eigenvalue weighted by Gasteiger charge is 2.25. The Kier molecular flexibility index (Phi) is 6.20. The van der Waals surface area contributed by atoms with Gasteiger partial charge < -0.3 is 9.47 Å². The first-order chi connectivity index (χ1) is 11.3. The molecule has 2 heteroatoms. The van der Waals surface area contributed by atoms with Gasteiger partial charge in [0.05, 0.1) is 23.9 Å². The Hall–Kier alpha value is -1.64. The van der Waals surface area contributed by atoms with Crippen LogP contribution in [-0.2, 0) is 20.7 Å². The maximum Gasteiger partial charge on any atom is 0.0878 e. The molecule has 1 atom stereocenters. The Morgan fingerprint density at radius 2 is 1.21 bits per heavy atom. The van der Waals surface area contributed by atoms with Crippen molar-refractivity contribution in [1.29, 1.82) is 0 Å². The van der Waals surface area contributed by atoms with Crippen LogP contribution in [0.25, 0.3) is 0 Å². The highest BCUT2D eigenvalue weighted by molar-refractivity contribution is 5.21. The Morgan fingerprint density at radius 1 is 0.750 bits per heavy atom. The van der Waals surface area contributed by atoms with Gasteiger partial charge in [0.25, 0.3) is 0 Å². The molecule has 0 N–H and O–H groups in total. The van der Waals surface area contributed by atoms with E-state index < -0.39 is 0 Å². The number of ether oxygens (including phenoxy) is 2. The van der Waals surface area contributed by atoms with Gasteiger partial charge in [0, 0.05) is 0 Å². The Morgan fingerprint density at radius 3 is 1.71 bits per heavy atom. The average molecular weight is 326 g/mol. The van der Waals surface area contributed by atoms with Crippen molar-refractivity contribution in [3.63, 3.8) is 0 Å². The van der Waals surface area contributed by atoms with Crippen LogP contribution in [0, 0.1) is 0 Å². The van der Waals surface area contributed by atoms with E-state index in [2.05, 4.69) is 83.1 Å². The second-order valence-corrected chi connectivity index (χ2v) is 7.32. The van der Waals surface area contributed by atoms with Gasteiger partial charge >= 0.3 is 0 Å². The zero-order valence-electron chi connectivity index (χ0n) is 15.6. The van der Waals surface area contributed by atoms with Crippen LogP contribution in [0.15, 0.2) is 60.7 Å². The van der Waals surface area contributed by atoms with E-state index in [1.807, 2.05) is 12.1 Å². The van der Waals surface area contributed by atoms with Gasteiger partial charge in [-0.2, -0.15) is 0 Å². The van der Waals surface area contributed by atoms with E-state index in [0.29, 0.717) is 6.61 Å². The third kappa shape index (κ3) is 5.19. The van der Waals surface area contributed by atoms with Gasteiger partial charge in [-0.1, -0.05) is 60.7 Å². The molecule has 0 saturated carbocycles. The number of hydrogen-bond donors (Lipinski definition) is 0. The van der Waals surface area contributed by atoms with Crippen molar-refractivity contribution in [2.24, 2.45) is 0 Å². The van der Waals surface area contributed by atoms with Crippen LogP contribution < -0.4 is 0 Å². The Balaban J connectivity index is 1.84. The highest BCUT2D eigenvalue weighted by Crippen LogP contribution is 2.28. The molecule has 2 aromatic carbocycles. The van der Waals surface area contributed by atoms with E-state index in [-0.39, 0.29) is 17.3 Å². The molecule has 0 radical (unpaired) electrons. The van der Waals surface area contributed by atoms with Crippen molar-refractivity contribution in [2.75, 3.05) is 6.61 Å². The molecule has 1 unspecified atom stereocenters. The molecule has 0 heterocycles. The first-order valence-electron chi connectivity index (χ1n) is 8.74. The molecule has 0 aliphatic heterocycles. The van der Waals surface area contributed by atoms with Crippen LogP contribution >= 0.6 is 0 Å². The molecule has 130 valence electrons. The Labute approximate surface area is 146 Å². The topological polar surface area (TPSA) is 18.5 Å². The summed E-state index contributed by atoms with van der Waals surface area (Å²) in [7, 11) is 0. The summed E-state index contributed by atoms with van der Waals surface area (Å²) in [6.45, 7) is 11.3. The van der Waals surface area contributed by atoms with Crippen molar-refractivity contribution >= 4 is 0 Å². The fraction of sp³-hybridized carbons (Fsp3) is 0.455. The molecule has 2 rings (SSSR count). The van der Waals surface area contributed by atoms with Gasteiger partial charge in [0.1, 0.15) is 0 Å². The van der Waals surface area contributed by atoms with Gasteiger partial charge in [-0.05, 0) is 52.2 Å². The Bertz CT molecular complexity index is 602. The van der Waals surface area contributed by atoms with E-state index in [1.165, 1.54) is 11.1 Å². The van der Waals surface area contributed by atoms with Gasteiger partial charge in [0.2, 0.25) is 0 Å². The van der Waals surface area contributed by atoms with E-state index >= 15 is 0 Å². The maximum atomic E-state index is 6.26. The van der Waals surface area contributed by atoms with Crippen LogP contribution in [0.3, 0.4) is 0 Å². The van der Waals surface area contributed by atoms with Gasteiger partial charge in [-0.3, -0.25) is 0 Å². The molecule has 0 aromatic heterocycles. The van der Waals surface area contributed by atoms with Crippen LogP contribution in [0.4, 0.5) is 0 Å². The van der Waals surface area contributed by atoms with Gasteiger partial charge in [0.15, 0.2) is 0 Å². The van der Waals surface area contributed by atoms with Crippen LogP contribution in [0.1, 0.15) is 52.2 Å². The molecule has 24 heavy (non-hydrogen) atoms. The lowest BCUT2D eigenvalue weighted by atomic mass is 9.97. The third-order valence-electron chi connectivity index (χ3n) is 4.42. The lowest BCUT2D eigenvalue weighted by molar-refractivity contribution is -0.0925. The SMILES string of the molecule is CC(CCOC(C)(C)c1ccccc1)OC(C)(C)c1ccccc1. The second-order valence-electron chi connectivity index (χ2n) is 7.32. The van der Waals surface area contributed by atoms with Crippen LogP contribution in [-0.4, -0.2) is 12.7 Å². The average Bonchev–Trinajstić information content (AvgIpc) is 2.56. The van der Waals surface area contributed by atoms with Crippen molar-refractivity contribution in [3.8, 4) is 0 Å². The summed E-state index contributed by atoms with van der Waals surface area (Å²) in [6, 6.07) is 20.7. The molecule has 0 fully saturated rings. The zero-order chi connectivity index (χ0) is 17.6. The van der Waals surface area contributed by atoms with Crippen LogP contribution in [0.2, 0.25) is 0 Å². The highest BCUT2D eigenvalue weighted by atomic mass is 16.5. The zero-order valence-corrected chi connectivity index (χ0v) is 15.6. The molecule has 0 amide bonds. The molecule has 0 bridgehead atoms. The summed E-state index contributed by atoms with van der Waals surface area (Å²) in [5.41, 5.74) is 1.82. The summed E-state index contributed by atoms with van der Waals surface area (Å²) in [4.78, 5) is 0. The minimum Gasteiger partial charge on any atom is -0.371 e. The predicted octanol–water partition coefficient (Wildman–Crippen LogP) is 5.67. The van der Waals surface area contributed by atoms with Gasteiger partial charge in [-0.25, -0.2) is 0 Å². The predicted molar refractivity (Wildman–Crippen MR) is 100 cm³/mol. The minimum absolute atomic E-state index is 0.131. The standard InChI is InChI=1S/C22H30O2/c1-18(24-22(4,5)20-14-10-7-11-15-20)16-17-23-21(2,3)19-12-8-6-9-13-19/h6-15,18H,16-17H2,1-5H3. The smallest absolute Gasteiger partial charge is 0.0878 e. The largest absolute Gasteiger partial charge is 0.371 e. The molecule has 0 aliphatic rings. The van der Waals surface area contributed by atoms with E-state index in [4.69, 9.17) is 9.47 Å². The van der Waals surface area contributed by atoms with E-state index in [9.17, 15) is 0 Å². The van der Waals surface area contributed by atoms with Crippen molar-refractivity contribution in [1.82, 2.24) is 0 Å². The fourth-order valence-electron chi connectivity index (χ4n) is 2.87. The van der Waals surface area contributed by atoms with Crippen molar-refractivity contribution in [2.45, 2.75) is 58.3 Å². The minimum atomic E-state index is -0.296. The quantitative estimate of drug-likeness (QED) is 0.622. The molecular weight excluding hydrogens is 296 g/mol. The third-order valence-corrected chi connectivity index (χ3v) is 4.42. The normalized spacial score (nSPS) is 13.7. The molecule has 2 aromatic rings. The van der Waals surface area contributed by atoms with Crippen LogP contribution in [0.5, 0.6) is 0 Å². The summed E-state index contributed by atoms with van der Waals surface area (Å²) < 4.78 is 12.4. The lowest BCUT2D eigenvalue weighted by Crippen LogP contribution is -2.29. The molecular formula is C22H30O2. The lowest BCUT2D eigenvalue weighted by Gasteiger charge is -2.31. The summed E-state index contributed by atoms with van der Waals surface area (Å²) in [5.74, 6) is 0. The van der Waals surface area contributed by atoms with Gasteiger partial charge in [-0.15, -0.1) is 0 Å². The first-order valence-corrected chi connectivity index (χ1v) is 8.74. The number of benzene rings is 2. The monoisotopic (exact) mass is 326 g/mol. The summed E-state index contributed by atoms with van der Waals surface area (Å²) >= 11 is 0. The molecule has 0 saturated heterocycles. The van der Waals surface area contributed by atoms with E-state index in [0.717, 1.165) is 6.42 Å². The molecule has 2 nitrogen and oxygen atoms in total.